The Bertz CT molecular complexity index is 422. The van der Waals surface area contributed by atoms with Crippen molar-refractivity contribution in [3.05, 3.63) is 29.8 Å². The molecule has 1 aromatic rings. The van der Waals surface area contributed by atoms with Crippen molar-refractivity contribution in [2.75, 3.05) is 25.1 Å². The van der Waals surface area contributed by atoms with Crippen LogP contribution in [0.25, 0.3) is 0 Å². The predicted octanol–water partition coefficient (Wildman–Crippen LogP) is 3.09. The number of hydrogen-bond acceptors (Lipinski definition) is 4. The fraction of sp³-hybridized carbons (Fsp3) is 0.562. The standard InChI is InChI=1S/C16H23NO3/c1-12(2)20-16(18)14-3-5-15(6-4-14)17-11-13-7-9-19-10-8-13/h3-6,12-13,17H,7-11H2,1-2H3. The highest BCUT2D eigenvalue weighted by Crippen LogP contribution is 2.17. The highest BCUT2D eigenvalue weighted by atomic mass is 16.5. The maximum atomic E-state index is 11.7. The summed E-state index contributed by atoms with van der Waals surface area (Å²) >= 11 is 0. The molecule has 0 spiro atoms. The van der Waals surface area contributed by atoms with Gasteiger partial charge >= 0.3 is 5.97 Å². The van der Waals surface area contributed by atoms with Crippen molar-refractivity contribution in [3.8, 4) is 0 Å². The third-order valence-corrected chi connectivity index (χ3v) is 3.40. The molecule has 1 heterocycles. The Morgan fingerprint density at radius 2 is 1.95 bits per heavy atom. The van der Waals surface area contributed by atoms with E-state index in [0.29, 0.717) is 11.5 Å². The molecule has 0 amide bonds. The lowest BCUT2D eigenvalue weighted by Gasteiger charge is -2.22. The van der Waals surface area contributed by atoms with E-state index in [-0.39, 0.29) is 12.1 Å². The minimum Gasteiger partial charge on any atom is -0.459 e. The average molecular weight is 277 g/mol. The number of ether oxygens (including phenoxy) is 2. The third kappa shape index (κ3) is 4.53. The highest BCUT2D eigenvalue weighted by molar-refractivity contribution is 5.89. The molecule has 1 saturated heterocycles. The first-order valence-electron chi connectivity index (χ1n) is 7.28. The number of anilines is 1. The first-order chi connectivity index (χ1) is 9.65. The Labute approximate surface area is 120 Å². The number of benzene rings is 1. The molecule has 1 aliphatic heterocycles. The number of carbonyl (C=O) groups excluding carboxylic acids is 1. The van der Waals surface area contributed by atoms with Crippen LogP contribution in [0.3, 0.4) is 0 Å². The van der Waals surface area contributed by atoms with E-state index in [4.69, 9.17) is 9.47 Å². The van der Waals surface area contributed by atoms with Gasteiger partial charge in [0.05, 0.1) is 11.7 Å². The Morgan fingerprint density at radius 3 is 2.55 bits per heavy atom. The van der Waals surface area contributed by atoms with Crippen LogP contribution in [-0.4, -0.2) is 31.8 Å². The first kappa shape index (κ1) is 14.9. The summed E-state index contributed by atoms with van der Waals surface area (Å²) in [5.74, 6) is 0.408. The largest absolute Gasteiger partial charge is 0.459 e. The van der Waals surface area contributed by atoms with E-state index in [1.807, 2.05) is 26.0 Å². The number of esters is 1. The topological polar surface area (TPSA) is 47.6 Å². The van der Waals surface area contributed by atoms with E-state index in [9.17, 15) is 4.79 Å². The fourth-order valence-corrected chi connectivity index (χ4v) is 2.22. The quantitative estimate of drug-likeness (QED) is 0.840. The summed E-state index contributed by atoms with van der Waals surface area (Å²) in [5, 5.41) is 3.41. The van der Waals surface area contributed by atoms with Crippen LogP contribution in [0.4, 0.5) is 5.69 Å². The van der Waals surface area contributed by atoms with Gasteiger partial charge in [0.1, 0.15) is 0 Å². The molecule has 4 nitrogen and oxygen atoms in total. The summed E-state index contributed by atoms with van der Waals surface area (Å²) in [5.41, 5.74) is 1.63. The number of carbonyl (C=O) groups is 1. The zero-order valence-electron chi connectivity index (χ0n) is 12.2. The second-order valence-electron chi connectivity index (χ2n) is 5.47. The lowest BCUT2D eigenvalue weighted by atomic mass is 10.0. The maximum Gasteiger partial charge on any atom is 0.338 e. The first-order valence-corrected chi connectivity index (χ1v) is 7.28. The Morgan fingerprint density at radius 1 is 1.30 bits per heavy atom. The van der Waals surface area contributed by atoms with Crippen molar-refractivity contribution in [1.29, 1.82) is 0 Å². The molecule has 20 heavy (non-hydrogen) atoms. The van der Waals surface area contributed by atoms with Crippen LogP contribution < -0.4 is 5.32 Å². The Balaban J connectivity index is 1.83. The van der Waals surface area contributed by atoms with Gasteiger partial charge in [0.2, 0.25) is 0 Å². The van der Waals surface area contributed by atoms with Gasteiger partial charge < -0.3 is 14.8 Å². The summed E-state index contributed by atoms with van der Waals surface area (Å²) in [6, 6.07) is 7.46. The van der Waals surface area contributed by atoms with Crippen molar-refractivity contribution in [2.24, 2.45) is 5.92 Å². The van der Waals surface area contributed by atoms with Crippen LogP contribution in [0.2, 0.25) is 0 Å². The molecule has 4 heteroatoms. The van der Waals surface area contributed by atoms with Gasteiger partial charge in [-0.25, -0.2) is 4.79 Å². The number of nitrogens with one attached hydrogen (secondary N) is 1. The second kappa shape index (κ2) is 7.29. The van der Waals surface area contributed by atoms with Crippen LogP contribution in [0, 0.1) is 5.92 Å². The second-order valence-corrected chi connectivity index (χ2v) is 5.47. The van der Waals surface area contributed by atoms with Crippen LogP contribution in [0.15, 0.2) is 24.3 Å². The van der Waals surface area contributed by atoms with Crippen molar-refractivity contribution in [2.45, 2.75) is 32.8 Å². The lowest BCUT2D eigenvalue weighted by Crippen LogP contribution is -2.22. The molecule has 1 aromatic carbocycles. The van der Waals surface area contributed by atoms with Crippen LogP contribution in [-0.2, 0) is 9.47 Å². The van der Waals surface area contributed by atoms with Gasteiger partial charge in [-0.2, -0.15) is 0 Å². The summed E-state index contributed by atoms with van der Waals surface area (Å²) in [6.07, 6.45) is 2.14. The van der Waals surface area contributed by atoms with Gasteiger partial charge in [-0.05, 0) is 56.9 Å². The molecule has 0 aromatic heterocycles. The molecule has 1 aliphatic rings. The molecule has 0 unspecified atom stereocenters. The van der Waals surface area contributed by atoms with E-state index in [2.05, 4.69) is 5.32 Å². The zero-order valence-corrected chi connectivity index (χ0v) is 12.2. The number of rotatable bonds is 5. The highest BCUT2D eigenvalue weighted by Gasteiger charge is 2.13. The summed E-state index contributed by atoms with van der Waals surface area (Å²) in [7, 11) is 0. The van der Waals surface area contributed by atoms with Gasteiger partial charge in [-0.1, -0.05) is 0 Å². The molecule has 0 aliphatic carbocycles. The monoisotopic (exact) mass is 277 g/mol. The average Bonchev–Trinajstić information content (AvgIpc) is 2.46. The van der Waals surface area contributed by atoms with E-state index in [0.717, 1.165) is 38.3 Å². The SMILES string of the molecule is CC(C)OC(=O)c1ccc(NCC2CCOCC2)cc1. The van der Waals surface area contributed by atoms with Crippen molar-refractivity contribution >= 4 is 11.7 Å². The Kier molecular flexibility index (Phi) is 5.41. The smallest absolute Gasteiger partial charge is 0.338 e. The third-order valence-electron chi connectivity index (χ3n) is 3.40. The van der Waals surface area contributed by atoms with Gasteiger partial charge in [-0.3, -0.25) is 0 Å². The maximum absolute atomic E-state index is 11.7. The van der Waals surface area contributed by atoms with Crippen LogP contribution in [0.1, 0.15) is 37.0 Å². The van der Waals surface area contributed by atoms with Crippen LogP contribution >= 0.6 is 0 Å². The molecule has 0 bridgehead atoms. The van der Waals surface area contributed by atoms with E-state index < -0.39 is 0 Å². The zero-order chi connectivity index (χ0) is 14.4. The van der Waals surface area contributed by atoms with Gasteiger partial charge in [0, 0.05) is 25.4 Å². The van der Waals surface area contributed by atoms with Gasteiger partial charge in [0.25, 0.3) is 0 Å². The molecule has 110 valence electrons. The number of hydrogen-bond donors (Lipinski definition) is 1. The van der Waals surface area contributed by atoms with E-state index in [1.165, 1.54) is 0 Å². The molecule has 0 atom stereocenters. The fourth-order valence-electron chi connectivity index (χ4n) is 2.22. The van der Waals surface area contributed by atoms with Crippen LogP contribution in [0.5, 0.6) is 0 Å². The van der Waals surface area contributed by atoms with Crippen molar-refractivity contribution < 1.29 is 14.3 Å². The molecule has 1 N–H and O–H groups in total. The van der Waals surface area contributed by atoms with E-state index >= 15 is 0 Å². The molecule has 0 radical (unpaired) electrons. The van der Waals surface area contributed by atoms with Crippen molar-refractivity contribution in [3.63, 3.8) is 0 Å². The van der Waals surface area contributed by atoms with Gasteiger partial charge in [-0.15, -0.1) is 0 Å². The predicted molar refractivity (Wildman–Crippen MR) is 79.0 cm³/mol. The molecular weight excluding hydrogens is 254 g/mol. The van der Waals surface area contributed by atoms with Gasteiger partial charge in [0.15, 0.2) is 0 Å². The normalized spacial score (nSPS) is 16.1. The summed E-state index contributed by atoms with van der Waals surface area (Å²) < 4.78 is 10.5. The van der Waals surface area contributed by atoms with E-state index in [1.54, 1.807) is 12.1 Å². The Hall–Kier alpha value is -1.55. The lowest BCUT2D eigenvalue weighted by molar-refractivity contribution is 0.0378. The minimum atomic E-state index is -0.268. The van der Waals surface area contributed by atoms with Crippen molar-refractivity contribution in [1.82, 2.24) is 0 Å². The summed E-state index contributed by atoms with van der Waals surface area (Å²) in [6.45, 7) is 6.39. The molecule has 2 rings (SSSR count). The summed E-state index contributed by atoms with van der Waals surface area (Å²) in [4.78, 5) is 11.7. The molecule has 1 fully saturated rings. The molecular formula is C16H23NO3. The molecule has 0 saturated carbocycles. The minimum absolute atomic E-state index is 0.0891.